The molecule has 10 heavy (non-hydrogen) atoms. The topological polar surface area (TPSA) is 15.3 Å². The number of nitrogens with one attached hydrogen (secondary N) is 1. The first-order chi connectivity index (χ1) is 4.88. The molecule has 0 amide bonds. The highest BCUT2D eigenvalue weighted by Crippen LogP contribution is 2.05. The Morgan fingerprint density at radius 3 is 3.10 bits per heavy atom. The molecule has 0 saturated heterocycles. The second kappa shape index (κ2) is 3.11. The zero-order valence-electron chi connectivity index (χ0n) is 6.12. The molecule has 0 radical (unpaired) electrons. The van der Waals surface area contributed by atoms with Gasteiger partial charge in [-0.05, 0) is 13.0 Å². The Hall–Kier alpha value is -1.18. The first-order valence-corrected chi connectivity index (χ1v) is 3.34. The lowest BCUT2D eigenvalue weighted by Gasteiger charge is -2.17. The van der Waals surface area contributed by atoms with Gasteiger partial charge in [0.25, 0.3) is 0 Å². The third-order valence-electron chi connectivity index (χ3n) is 1.38. The van der Waals surface area contributed by atoms with Crippen molar-refractivity contribution < 1.29 is 0 Å². The minimum absolute atomic E-state index is 0.233. The highest BCUT2D eigenvalue weighted by atomic mass is 15.3. The van der Waals surface area contributed by atoms with Crippen LogP contribution in [0, 0.1) is 0 Å². The van der Waals surface area contributed by atoms with Crippen molar-refractivity contribution in [2.45, 2.75) is 13.1 Å². The first kappa shape index (κ1) is 6.93. The molecule has 1 atom stereocenters. The van der Waals surface area contributed by atoms with Gasteiger partial charge < -0.3 is 10.2 Å². The van der Waals surface area contributed by atoms with Gasteiger partial charge in [0.05, 0.1) is 0 Å². The highest BCUT2D eigenvalue weighted by molar-refractivity contribution is 5.05. The van der Waals surface area contributed by atoms with Crippen LogP contribution in [-0.2, 0) is 0 Å². The van der Waals surface area contributed by atoms with Crippen LogP contribution in [0.1, 0.15) is 6.92 Å². The summed E-state index contributed by atoms with van der Waals surface area (Å²) < 4.78 is 0. The van der Waals surface area contributed by atoms with Crippen LogP contribution in [0.25, 0.3) is 0 Å². The van der Waals surface area contributed by atoms with Gasteiger partial charge in [-0.15, -0.1) is 0 Å². The maximum atomic E-state index is 3.70. The Balaban J connectivity index is 2.56. The predicted molar refractivity (Wildman–Crippen MR) is 42.9 cm³/mol. The van der Waals surface area contributed by atoms with E-state index in [2.05, 4.69) is 11.9 Å². The molecular formula is C8H12N2. The second-order valence-electron chi connectivity index (χ2n) is 2.09. The van der Waals surface area contributed by atoms with Gasteiger partial charge in [0.15, 0.2) is 0 Å². The van der Waals surface area contributed by atoms with E-state index in [1.807, 2.05) is 42.6 Å². The normalized spacial score (nSPS) is 23.7. The van der Waals surface area contributed by atoms with Crippen molar-refractivity contribution in [2.24, 2.45) is 0 Å². The van der Waals surface area contributed by atoms with E-state index < -0.39 is 0 Å². The van der Waals surface area contributed by atoms with E-state index in [1.165, 1.54) is 0 Å². The zero-order chi connectivity index (χ0) is 7.40. The summed E-state index contributed by atoms with van der Waals surface area (Å²) in [7, 11) is 0. The number of hydrogen-bond donors (Lipinski definition) is 1. The average molecular weight is 136 g/mol. The standard InChI is InChI=1S/C8H12N2/c1-3-6-10-7-5-9-8(10)4-2/h3-9H,2H2,1H3/b6-3+/t8-/m0/s1. The lowest BCUT2D eigenvalue weighted by atomic mass is 10.4. The molecule has 0 bridgehead atoms. The van der Waals surface area contributed by atoms with Gasteiger partial charge >= 0.3 is 0 Å². The highest BCUT2D eigenvalue weighted by Gasteiger charge is 2.10. The van der Waals surface area contributed by atoms with Crippen molar-refractivity contribution >= 4 is 0 Å². The smallest absolute Gasteiger partial charge is 0.121 e. The zero-order valence-corrected chi connectivity index (χ0v) is 6.12. The molecule has 1 N–H and O–H groups in total. The quantitative estimate of drug-likeness (QED) is 0.577. The number of allylic oxidation sites excluding steroid dienone is 1. The fourth-order valence-corrected chi connectivity index (χ4v) is 0.911. The molecule has 0 aromatic rings. The van der Waals surface area contributed by atoms with E-state index in [9.17, 15) is 0 Å². The van der Waals surface area contributed by atoms with Gasteiger partial charge in [-0.25, -0.2) is 0 Å². The van der Waals surface area contributed by atoms with Crippen molar-refractivity contribution in [3.05, 3.63) is 37.3 Å². The summed E-state index contributed by atoms with van der Waals surface area (Å²) in [6.07, 6.45) is 9.98. The summed E-state index contributed by atoms with van der Waals surface area (Å²) in [4.78, 5) is 2.05. The summed E-state index contributed by atoms with van der Waals surface area (Å²) in [6.45, 7) is 5.69. The Kier molecular flexibility index (Phi) is 2.15. The van der Waals surface area contributed by atoms with Crippen LogP contribution in [0.15, 0.2) is 37.3 Å². The molecule has 0 aromatic carbocycles. The van der Waals surface area contributed by atoms with E-state index in [-0.39, 0.29) is 6.17 Å². The van der Waals surface area contributed by atoms with Crippen LogP contribution in [0.3, 0.4) is 0 Å². The largest absolute Gasteiger partial charge is 0.366 e. The molecule has 0 fully saturated rings. The molecule has 1 rings (SSSR count). The number of hydrogen-bond acceptors (Lipinski definition) is 2. The average Bonchev–Trinajstić information content (AvgIpc) is 2.36. The molecular weight excluding hydrogens is 124 g/mol. The third-order valence-corrected chi connectivity index (χ3v) is 1.38. The summed E-state index contributed by atoms with van der Waals surface area (Å²) in [5.74, 6) is 0. The van der Waals surface area contributed by atoms with Gasteiger partial charge in [-0.2, -0.15) is 0 Å². The van der Waals surface area contributed by atoms with Gasteiger partial charge in [-0.1, -0.05) is 12.7 Å². The van der Waals surface area contributed by atoms with Crippen LogP contribution in [0.4, 0.5) is 0 Å². The molecule has 0 aromatic heterocycles. The minimum Gasteiger partial charge on any atom is -0.366 e. The van der Waals surface area contributed by atoms with Crippen molar-refractivity contribution in [3.63, 3.8) is 0 Å². The maximum Gasteiger partial charge on any atom is 0.121 e. The molecule has 0 aliphatic carbocycles. The fraction of sp³-hybridized carbons (Fsp3) is 0.250. The molecule has 2 nitrogen and oxygen atoms in total. The van der Waals surface area contributed by atoms with Crippen molar-refractivity contribution in [1.29, 1.82) is 0 Å². The molecule has 0 saturated carbocycles. The van der Waals surface area contributed by atoms with Gasteiger partial charge in [0, 0.05) is 18.6 Å². The van der Waals surface area contributed by atoms with Gasteiger partial charge in [0.2, 0.25) is 0 Å². The SMILES string of the molecule is C=C[C@H]1NC=CN1/C=C/C. The van der Waals surface area contributed by atoms with Crippen LogP contribution in [0.5, 0.6) is 0 Å². The Morgan fingerprint density at radius 1 is 1.70 bits per heavy atom. The van der Waals surface area contributed by atoms with E-state index >= 15 is 0 Å². The first-order valence-electron chi connectivity index (χ1n) is 3.34. The molecule has 1 heterocycles. The van der Waals surface area contributed by atoms with Crippen LogP contribution >= 0.6 is 0 Å². The van der Waals surface area contributed by atoms with Crippen molar-refractivity contribution in [2.75, 3.05) is 0 Å². The lowest BCUT2D eigenvalue weighted by Crippen LogP contribution is -2.28. The van der Waals surface area contributed by atoms with Crippen LogP contribution < -0.4 is 5.32 Å². The van der Waals surface area contributed by atoms with Gasteiger partial charge in [-0.3, -0.25) is 0 Å². The van der Waals surface area contributed by atoms with Crippen LogP contribution in [-0.4, -0.2) is 11.1 Å². The minimum atomic E-state index is 0.233. The van der Waals surface area contributed by atoms with Gasteiger partial charge in [0.1, 0.15) is 6.17 Å². The third kappa shape index (κ3) is 1.21. The predicted octanol–water partition coefficient (Wildman–Crippen LogP) is 1.41. The van der Waals surface area contributed by atoms with Crippen molar-refractivity contribution in [1.82, 2.24) is 10.2 Å². The maximum absolute atomic E-state index is 3.70. The summed E-state index contributed by atoms with van der Waals surface area (Å²) in [5.41, 5.74) is 0. The lowest BCUT2D eigenvalue weighted by molar-refractivity contribution is 0.431. The molecule has 2 heteroatoms. The Labute approximate surface area is 61.5 Å². The molecule has 54 valence electrons. The fourth-order valence-electron chi connectivity index (χ4n) is 0.911. The van der Waals surface area contributed by atoms with E-state index in [0.717, 1.165) is 0 Å². The molecule has 1 aliphatic heterocycles. The van der Waals surface area contributed by atoms with E-state index in [4.69, 9.17) is 0 Å². The summed E-state index contributed by atoms with van der Waals surface area (Å²) >= 11 is 0. The molecule has 0 unspecified atom stereocenters. The molecule has 0 spiro atoms. The summed E-state index contributed by atoms with van der Waals surface area (Å²) in [5, 5.41) is 3.12. The van der Waals surface area contributed by atoms with E-state index in [0.29, 0.717) is 0 Å². The second-order valence-corrected chi connectivity index (χ2v) is 2.09. The summed E-state index contributed by atoms with van der Waals surface area (Å²) in [6, 6.07) is 0. The molecule has 1 aliphatic rings. The monoisotopic (exact) mass is 136 g/mol. The van der Waals surface area contributed by atoms with E-state index in [1.54, 1.807) is 0 Å². The number of nitrogens with zero attached hydrogens (tertiary/aromatic N) is 1. The van der Waals surface area contributed by atoms with Crippen LogP contribution in [0.2, 0.25) is 0 Å². The van der Waals surface area contributed by atoms with Crippen molar-refractivity contribution in [3.8, 4) is 0 Å². The Bertz CT molecular complexity index is 170. The number of rotatable bonds is 2. The Morgan fingerprint density at radius 2 is 2.50 bits per heavy atom.